The Kier molecular flexibility index (Phi) is 19.7. The van der Waals surface area contributed by atoms with E-state index in [4.69, 9.17) is 0 Å². The molecule has 0 N–H and O–H groups in total. The van der Waals surface area contributed by atoms with Gasteiger partial charge in [-0.25, -0.2) is 0 Å². The number of hydrogen-bond acceptors (Lipinski definition) is 0. The smallest absolute Gasteiger partial charge is 0.0254 e. The van der Waals surface area contributed by atoms with E-state index in [2.05, 4.69) is 82.1 Å². The molecule has 0 aromatic heterocycles. The van der Waals surface area contributed by atoms with Crippen LogP contribution >= 0.6 is 31.9 Å². The summed E-state index contributed by atoms with van der Waals surface area (Å²) in [5, 5.41) is 0. The van der Waals surface area contributed by atoms with Crippen molar-refractivity contribution < 1.29 is 0 Å². The summed E-state index contributed by atoms with van der Waals surface area (Å²) in [4.78, 5) is 0. The topological polar surface area (TPSA) is 0 Å². The number of allylic oxidation sites excluding steroid dienone is 2. The van der Waals surface area contributed by atoms with Gasteiger partial charge in [-0.1, -0.05) is 160 Å². The molecule has 1 aromatic carbocycles. The van der Waals surface area contributed by atoms with Gasteiger partial charge in [0.2, 0.25) is 0 Å². The van der Waals surface area contributed by atoms with E-state index in [1.807, 2.05) is 0 Å². The van der Waals surface area contributed by atoms with Crippen molar-refractivity contribution in [2.75, 3.05) is 0 Å². The molecule has 0 fully saturated rings. The molecule has 0 saturated carbocycles. The SMILES string of the molecule is CCCCCCCCCCC=Cc1cc(Br)c(C=CCCCCCCCCCC)cc1Br. The zero-order valence-electron chi connectivity index (χ0n) is 20.9. The van der Waals surface area contributed by atoms with Gasteiger partial charge in [0.1, 0.15) is 0 Å². The van der Waals surface area contributed by atoms with Crippen LogP contribution in [0.2, 0.25) is 0 Å². The van der Waals surface area contributed by atoms with Gasteiger partial charge in [-0.2, -0.15) is 0 Å². The minimum Gasteiger partial charge on any atom is -0.0839 e. The highest BCUT2D eigenvalue weighted by Gasteiger charge is 2.03. The number of halogens is 2. The molecule has 0 atom stereocenters. The van der Waals surface area contributed by atoms with E-state index in [1.165, 1.54) is 136 Å². The van der Waals surface area contributed by atoms with Gasteiger partial charge in [0.25, 0.3) is 0 Å². The molecule has 0 amide bonds. The number of hydrogen-bond donors (Lipinski definition) is 0. The van der Waals surface area contributed by atoms with Gasteiger partial charge in [0.05, 0.1) is 0 Å². The number of unbranched alkanes of at least 4 members (excludes halogenated alkanes) is 16. The second kappa shape index (κ2) is 21.2. The fourth-order valence-corrected chi connectivity index (χ4v) is 5.03. The van der Waals surface area contributed by atoms with Gasteiger partial charge in [-0.3, -0.25) is 0 Å². The number of benzene rings is 1. The van der Waals surface area contributed by atoms with Crippen LogP contribution < -0.4 is 0 Å². The Bertz CT molecular complexity index is 574. The zero-order chi connectivity index (χ0) is 23.3. The first-order valence-electron chi connectivity index (χ1n) is 13.5. The summed E-state index contributed by atoms with van der Waals surface area (Å²) in [7, 11) is 0. The average Bonchev–Trinajstić information content (AvgIpc) is 2.79. The van der Waals surface area contributed by atoms with Gasteiger partial charge in [-0.15, -0.1) is 0 Å². The molecule has 0 spiro atoms. The van der Waals surface area contributed by atoms with E-state index in [1.54, 1.807) is 0 Å². The standard InChI is InChI=1S/C30H48Br2/c1-3-5-7-9-11-13-15-17-19-21-23-27-25-30(32)28(26-29(27)31)24-22-20-18-16-14-12-10-8-6-4-2/h21-26H,3-20H2,1-2H3. The maximum absolute atomic E-state index is 3.77. The lowest BCUT2D eigenvalue weighted by Gasteiger charge is -2.05. The highest BCUT2D eigenvalue weighted by atomic mass is 79.9. The molecular formula is C30H48Br2. The van der Waals surface area contributed by atoms with Crippen molar-refractivity contribution in [3.8, 4) is 0 Å². The maximum atomic E-state index is 3.77. The van der Waals surface area contributed by atoms with Crippen LogP contribution in [0.5, 0.6) is 0 Å². The van der Waals surface area contributed by atoms with Crippen molar-refractivity contribution in [1.82, 2.24) is 0 Å². The van der Waals surface area contributed by atoms with Gasteiger partial charge >= 0.3 is 0 Å². The van der Waals surface area contributed by atoms with Crippen LogP contribution in [-0.2, 0) is 0 Å². The molecule has 0 aliphatic rings. The van der Waals surface area contributed by atoms with Crippen molar-refractivity contribution >= 4 is 44.0 Å². The summed E-state index contributed by atoms with van der Waals surface area (Å²) in [5.41, 5.74) is 2.52. The molecule has 0 heterocycles. The summed E-state index contributed by atoms with van der Waals surface area (Å²) in [6, 6.07) is 4.48. The summed E-state index contributed by atoms with van der Waals surface area (Å²) in [5.74, 6) is 0. The lowest BCUT2D eigenvalue weighted by atomic mass is 10.1. The molecular weight excluding hydrogens is 520 g/mol. The monoisotopic (exact) mass is 566 g/mol. The molecule has 0 radical (unpaired) electrons. The predicted molar refractivity (Wildman–Crippen MR) is 154 cm³/mol. The minimum absolute atomic E-state index is 1.18. The van der Waals surface area contributed by atoms with E-state index in [0.29, 0.717) is 0 Å². The molecule has 0 bridgehead atoms. The molecule has 182 valence electrons. The summed E-state index contributed by atoms with van der Waals surface area (Å²) in [6.45, 7) is 4.57. The molecule has 0 unspecified atom stereocenters. The van der Waals surface area contributed by atoms with Crippen LogP contribution in [-0.4, -0.2) is 0 Å². The van der Waals surface area contributed by atoms with Crippen LogP contribution in [0, 0.1) is 0 Å². The molecule has 32 heavy (non-hydrogen) atoms. The second-order valence-corrected chi connectivity index (χ2v) is 10.9. The Morgan fingerprint density at radius 1 is 0.500 bits per heavy atom. The average molecular weight is 569 g/mol. The Balaban J connectivity index is 2.24. The fourth-order valence-electron chi connectivity index (χ4n) is 4.05. The van der Waals surface area contributed by atoms with E-state index >= 15 is 0 Å². The summed E-state index contributed by atoms with van der Waals surface area (Å²) in [6.07, 6.45) is 33.7. The third-order valence-corrected chi connectivity index (χ3v) is 7.53. The van der Waals surface area contributed by atoms with Crippen LogP contribution in [0.4, 0.5) is 0 Å². The molecule has 0 saturated heterocycles. The van der Waals surface area contributed by atoms with E-state index in [0.717, 1.165) is 0 Å². The third kappa shape index (κ3) is 15.5. The quantitative estimate of drug-likeness (QED) is 0.137. The van der Waals surface area contributed by atoms with Crippen LogP contribution in [0.1, 0.15) is 141 Å². The summed E-state index contributed by atoms with van der Waals surface area (Å²) < 4.78 is 2.36. The zero-order valence-corrected chi connectivity index (χ0v) is 24.1. The molecule has 0 aliphatic carbocycles. The van der Waals surface area contributed by atoms with Gasteiger partial charge < -0.3 is 0 Å². The largest absolute Gasteiger partial charge is 0.0839 e. The van der Waals surface area contributed by atoms with Gasteiger partial charge in [-0.05, 0) is 48.9 Å². The lowest BCUT2D eigenvalue weighted by Crippen LogP contribution is -1.83. The van der Waals surface area contributed by atoms with Gasteiger partial charge in [0.15, 0.2) is 0 Å². The predicted octanol–water partition coefficient (Wildman–Crippen LogP) is 12.3. The summed E-state index contributed by atoms with van der Waals surface area (Å²) >= 11 is 7.54. The minimum atomic E-state index is 1.18. The first-order chi connectivity index (χ1) is 15.7. The lowest BCUT2D eigenvalue weighted by molar-refractivity contribution is 0.578. The van der Waals surface area contributed by atoms with E-state index in [-0.39, 0.29) is 0 Å². The Labute approximate surface area is 217 Å². The van der Waals surface area contributed by atoms with Gasteiger partial charge in [0, 0.05) is 8.95 Å². The highest BCUT2D eigenvalue weighted by Crippen LogP contribution is 2.28. The van der Waals surface area contributed by atoms with E-state index < -0.39 is 0 Å². The maximum Gasteiger partial charge on any atom is 0.0254 e. The van der Waals surface area contributed by atoms with Crippen molar-refractivity contribution in [3.05, 3.63) is 44.4 Å². The number of rotatable bonds is 20. The van der Waals surface area contributed by atoms with Crippen molar-refractivity contribution in [1.29, 1.82) is 0 Å². The highest BCUT2D eigenvalue weighted by molar-refractivity contribution is 9.11. The Hall–Kier alpha value is -0.340. The fraction of sp³-hybridized carbons (Fsp3) is 0.667. The van der Waals surface area contributed by atoms with Crippen LogP contribution in [0.25, 0.3) is 12.2 Å². The van der Waals surface area contributed by atoms with Crippen molar-refractivity contribution in [2.45, 2.75) is 129 Å². The molecule has 0 nitrogen and oxygen atoms in total. The molecule has 0 aliphatic heterocycles. The molecule has 2 heteroatoms. The van der Waals surface area contributed by atoms with Crippen LogP contribution in [0.15, 0.2) is 33.2 Å². The van der Waals surface area contributed by atoms with Crippen molar-refractivity contribution in [2.24, 2.45) is 0 Å². The third-order valence-electron chi connectivity index (χ3n) is 6.16. The first kappa shape index (κ1) is 29.7. The molecule has 1 aromatic rings. The first-order valence-corrected chi connectivity index (χ1v) is 15.1. The molecule has 1 rings (SSSR count). The Morgan fingerprint density at radius 3 is 1.16 bits per heavy atom. The normalized spacial score (nSPS) is 11.9. The Morgan fingerprint density at radius 2 is 0.812 bits per heavy atom. The van der Waals surface area contributed by atoms with Crippen molar-refractivity contribution in [3.63, 3.8) is 0 Å². The second-order valence-electron chi connectivity index (χ2n) is 9.23. The van der Waals surface area contributed by atoms with E-state index in [9.17, 15) is 0 Å². The van der Waals surface area contributed by atoms with Crippen LogP contribution in [0.3, 0.4) is 0 Å².